The van der Waals surface area contributed by atoms with Gasteiger partial charge in [0, 0.05) is 25.1 Å². The van der Waals surface area contributed by atoms with Crippen LogP contribution in [0.2, 0.25) is 0 Å². The molecule has 1 atom stereocenters. The Labute approximate surface area is 143 Å². The number of piperidine rings is 1. The Morgan fingerprint density at radius 3 is 2.58 bits per heavy atom. The molecule has 1 aromatic heterocycles. The fraction of sp³-hybridized carbons (Fsp3) is 0.667. The van der Waals surface area contributed by atoms with Crippen LogP contribution in [0.25, 0.3) is 0 Å². The van der Waals surface area contributed by atoms with Gasteiger partial charge < -0.3 is 14.4 Å². The van der Waals surface area contributed by atoms with Crippen molar-refractivity contribution in [2.45, 2.75) is 59.0 Å². The number of furan rings is 1. The van der Waals surface area contributed by atoms with E-state index in [1.165, 1.54) is 4.90 Å². The lowest BCUT2D eigenvalue weighted by molar-refractivity contribution is -0.143. The molecule has 134 valence electrons. The maximum absolute atomic E-state index is 12.8. The molecule has 1 fully saturated rings. The number of carboxylic acid groups (broad SMARTS) is 1. The highest BCUT2D eigenvalue weighted by atomic mass is 16.4. The van der Waals surface area contributed by atoms with Gasteiger partial charge in [-0.3, -0.25) is 9.69 Å². The Morgan fingerprint density at radius 1 is 1.29 bits per heavy atom. The summed E-state index contributed by atoms with van der Waals surface area (Å²) in [5.74, 6) is -0.160. The summed E-state index contributed by atoms with van der Waals surface area (Å²) in [5.41, 5.74) is 1.02. The number of carboxylic acids is 1. The molecule has 0 saturated carbocycles. The summed E-state index contributed by atoms with van der Waals surface area (Å²) in [4.78, 5) is 27.9. The van der Waals surface area contributed by atoms with Crippen LogP contribution in [0.3, 0.4) is 0 Å². The molecular formula is C18H28N2O4. The molecule has 2 rings (SSSR count). The van der Waals surface area contributed by atoms with Crippen molar-refractivity contribution in [3.05, 3.63) is 23.2 Å². The first-order valence-electron chi connectivity index (χ1n) is 8.89. The van der Waals surface area contributed by atoms with Crippen molar-refractivity contribution in [2.24, 2.45) is 0 Å². The second kappa shape index (κ2) is 8.33. The third-order valence-electron chi connectivity index (χ3n) is 4.77. The Hall–Kier alpha value is -1.82. The topological polar surface area (TPSA) is 74.0 Å². The van der Waals surface area contributed by atoms with Crippen molar-refractivity contribution in [1.29, 1.82) is 0 Å². The lowest BCUT2D eigenvalue weighted by Gasteiger charge is -2.32. The van der Waals surface area contributed by atoms with Gasteiger partial charge in [-0.15, -0.1) is 0 Å². The predicted molar refractivity (Wildman–Crippen MR) is 91.0 cm³/mol. The summed E-state index contributed by atoms with van der Waals surface area (Å²) >= 11 is 0. The number of rotatable bonds is 7. The summed E-state index contributed by atoms with van der Waals surface area (Å²) in [6, 6.07) is 1.06. The van der Waals surface area contributed by atoms with Crippen molar-refractivity contribution in [3.8, 4) is 0 Å². The van der Waals surface area contributed by atoms with Gasteiger partial charge in [-0.05, 0) is 38.4 Å². The zero-order valence-electron chi connectivity index (χ0n) is 14.9. The molecule has 0 unspecified atom stereocenters. The summed E-state index contributed by atoms with van der Waals surface area (Å²) in [6.07, 6.45) is 2.90. The number of nitrogens with zero attached hydrogens (tertiary/aromatic N) is 2. The third kappa shape index (κ3) is 3.98. The molecule has 0 aliphatic carbocycles. The predicted octanol–water partition coefficient (Wildman–Crippen LogP) is 2.76. The first-order valence-corrected chi connectivity index (χ1v) is 8.89. The molecule has 0 spiro atoms. The number of hydrogen-bond donors (Lipinski definition) is 1. The van der Waals surface area contributed by atoms with Crippen molar-refractivity contribution in [1.82, 2.24) is 9.80 Å². The smallest absolute Gasteiger partial charge is 0.326 e. The highest BCUT2D eigenvalue weighted by Gasteiger charge is 2.34. The molecule has 24 heavy (non-hydrogen) atoms. The van der Waals surface area contributed by atoms with Gasteiger partial charge in [0.05, 0.1) is 0 Å². The lowest BCUT2D eigenvalue weighted by Crippen LogP contribution is -2.47. The minimum atomic E-state index is -0.936. The number of carbonyl (C=O) groups excluding carboxylic acids is 1. The Kier molecular flexibility index (Phi) is 6.43. The molecule has 0 bridgehead atoms. The van der Waals surface area contributed by atoms with Crippen molar-refractivity contribution in [3.63, 3.8) is 0 Å². The first kappa shape index (κ1) is 18.5. The van der Waals surface area contributed by atoms with Crippen LogP contribution in [0.4, 0.5) is 0 Å². The average Bonchev–Trinajstić information content (AvgIpc) is 3.01. The second-order valence-electron chi connectivity index (χ2n) is 6.22. The minimum Gasteiger partial charge on any atom is -0.480 e. The molecular weight excluding hydrogens is 308 g/mol. The van der Waals surface area contributed by atoms with Crippen molar-refractivity contribution < 1.29 is 19.1 Å². The van der Waals surface area contributed by atoms with E-state index < -0.39 is 12.0 Å². The van der Waals surface area contributed by atoms with Gasteiger partial charge in [0.2, 0.25) is 0 Å². The number of hydrogen-bond acceptors (Lipinski definition) is 4. The fourth-order valence-electron chi connectivity index (χ4n) is 3.27. The number of carbonyl (C=O) groups is 2. The van der Waals surface area contributed by atoms with Crippen LogP contribution >= 0.6 is 0 Å². The van der Waals surface area contributed by atoms with Crippen LogP contribution in [0.15, 0.2) is 10.5 Å². The number of likely N-dealkylation sites (tertiary alicyclic amines) is 1. The Morgan fingerprint density at radius 2 is 2.00 bits per heavy atom. The summed E-state index contributed by atoms with van der Waals surface area (Å²) in [6.45, 7) is 9.29. The van der Waals surface area contributed by atoms with Gasteiger partial charge in [-0.25, -0.2) is 4.79 Å². The molecule has 1 aliphatic rings. The van der Waals surface area contributed by atoms with E-state index >= 15 is 0 Å². The van der Waals surface area contributed by atoms with Crippen LogP contribution in [0, 0.1) is 0 Å². The molecule has 1 amide bonds. The second-order valence-corrected chi connectivity index (χ2v) is 6.22. The largest absolute Gasteiger partial charge is 0.480 e. The molecule has 6 heteroatoms. The van der Waals surface area contributed by atoms with E-state index in [0.717, 1.165) is 43.8 Å². The van der Waals surface area contributed by atoms with E-state index in [9.17, 15) is 14.7 Å². The maximum Gasteiger partial charge on any atom is 0.326 e. The van der Waals surface area contributed by atoms with E-state index in [-0.39, 0.29) is 11.7 Å². The molecule has 6 nitrogen and oxygen atoms in total. The molecule has 0 radical (unpaired) electrons. The zero-order valence-corrected chi connectivity index (χ0v) is 14.9. The standard InChI is InChI=1S/C18H28N2O4/c1-4-15-13(12-19(5-2)6-3)11-16(24-15)17(21)20-10-8-7-9-14(20)18(22)23/h11,14H,4-10,12H2,1-3H3,(H,22,23)/t14-/m1/s1. The van der Waals surface area contributed by atoms with Crippen LogP contribution in [0.5, 0.6) is 0 Å². The van der Waals surface area contributed by atoms with Crippen LogP contribution < -0.4 is 0 Å². The van der Waals surface area contributed by atoms with Crippen LogP contribution in [-0.2, 0) is 17.8 Å². The normalized spacial score (nSPS) is 18.2. The summed E-state index contributed by atoms with van der Waals surface area (Å²) in [5, 5.41) is 9.36. The van der Waals surface area contributed by atoms with Gasteiger partial charge in [0.25, 0.3) is 5.91 Å². The van der Waals surface area contributed by atoms with Crippen LogP contribution in [-0.4, -0.2) is 52.5 Å². The van der Waals surface area contributed by atoms with Gasteiger partial charge in [-0.1, -0.05) is 20.8 Å². The molecule has 2 heterocycles. The third-order valence-corrected chi connectivity index (χ3v) is 4.77. The lowest BCUT2D eigenvalue weighted by atomic mass is 10.0. The van der Waals surface area contributed by atoms with E-state index in [1.54, 1.807) is 6.07 Å². The summed E-state index contributed by atoms with van der Waals surface area (Å²) < 4.78 is 5.79. The SMILES string of the molecule is CCc1oc(C(=O)N2CCCC[C@@H]2C(=O)O)cc1CN(CC)CC. The molecule has 0 aromatic carbocycles. The van der Waals surface area contributed by atoms with Gasteiger partial charge in [0.15, 0.2) is 5.76 Å². The molecule has 1 saturated heterocycles. The van der Waals surface area contributed by atoms with Crippen LogP contribution in [0.1, 0.15) is 61.9 Å². The quantitative estimate of drug-likeness (QED) is 0.829. The molecule has 1 aromatic rings. The Balaban J connectivity index is 2.22. The first-order chi connectivity index (χ1) is 11.5. The van der Waals surface area contributed by atoms with E-state index in [2.05, 4.69) is 18.7 Å². The van der Waals surface area contributed by atoms with Crippen molar-refractivity contribution >= 4 is 11.9 Å². The monoisotopic (exact) mass is 336 g/mol. The zero-order chi connectivity index (χ0) is 17.7. The highest BCUT2D eigenvalue weighted by Crippen LogP contribution is 2.24. The van der Waals surface area contributed by atoms with E-state index in [4.69, 9.17) is 4.42 Å². The van der Waals surface area contributed by atoms with E-state index in [0.29, 0.717) is 19.4 Å². The van der Waals surface area contributed by atoms with Crippen molar-refractivity contribution in [2.75, 3.05) is 19.6 Å². The van der Waals surface area contributed by atoms with Gasteiger partial charge in [-0.2, -0.15) is 0 Å². The Bertz CT molecular complexity index is 578. The number of aryl methyl sites for hydroxylation is 1. The summed E-state index contributed by atoms with van der Waals surface area (Å²) in [7, 11) is 0. The van der Waals surface area contributed by atoms with Gasteiger partial charge >= 0.3 is 5.97 Å². The maximum atomic E-state index is 12.8. The average molecular weight is 336 g/mol. The minimum absolute atomic E-state index is 0.266. The highest BCUT2D eigenvalue weighted by molar-refractivity contribution is 5.94. The van der Waals surface area contributed by atoms with E-state index in [1.807, 2.05) is 6.92 Å². The molecule has 1 aliphatic heterocycles. The molecule has 1 N–H and O–H groups in total. The number of aliphatic carboxylic acids is 1. The number of amides is 1. The fourth-order valence-corrected chi connectivity index (χ4v) is 3.27. The van der Waals surface area contributed by atoms with Gasteiger partial charge in [0.1, 0.15) is 11.8 Å².